The van der Waals surface area contributed by atoms with Crippen LogP contribution in [0.25, 0.3) is 0 Å². The number of carbonyl (C=O) groups excluding carboxylic acids is 5. The van der Waals surface area contributed by atoms with E-state index >= 15 is 0 Å². The molecule has 0 radical (unpaired) electrons. The standard InChI is InChI=1S/C19H21N3O9S2/c1-9(23)20-18(15(26)27)8-21-13(25)12(22(10(2)24)11-6-5-7-32-11)14(21)33-19(18,16(28)30-3)17(29)31-4/h5-7,12,14H,8H2,1-4H3,(H,20,23)(H,26,27)/t12?,14-,18?/m1/s1. The van der Waals surface area contributed by atoms with E-state index in [0.717, 1.165) is 26.0 Å². The smallest absolute Gasteiger partial charge is 0.336 e. The summed E-state index contributed by atoms with van der Waals surface area (Å²) < 4.78 is 6.99. The summed E-state index contributed by atoms with van der Waals surface area (Å²) in [6, 6.07) is 2.19. The second-order valence-corrected chi connectivity index (χ2v) is 9.57. The average molecular weight is 500 g/mol. The van der Waals surface area contributed by atoms with Crippen molar-refractivity contribution in [2.24, 2.45) is 0 Å². The van der Waals surface area contributed by atoms with Crippen LogP contribution in [0.5, 0.6) is 0 Å². The lowest BCUT2D eigenvalue weighted by atomic mass is 9.79. The van der Waals surface area contributed by atoms with Crippen LogP contribution in [-0.2, 0) is 38.2 Å². The normalized spacial score (nSPS) is 25.2. The van der Waals surface area contributed by atoms with Gasteiger partial charge in [-0.05, 0) is 17.5 Å². The van der Waals surface area contributed by atoms with Crippen LogP contribution in [-0.4, -0.2) is 88.1 Å². The molecule has 0 bridgehead atoms. The number of thioether (sulfide) groups is 1. The third-order valence-electron chi connectivity index (χ3n) is 5.48. The number of carboxylic acid groups (broad SMARTS) is 1. The van der Waals surface area contributed by atoms with Crippen molar-refractivity contribution in [2.45, 2.75) is 35.5 Å². The van der Waals surface area contributed by atoms with Gasteiger partial charge in [0.25, 0.3) is 0 Å². The van der Waals surface area contributed by atoms with Crippen molar-refractivity contribution in [1.82, 2.24) is 10.2 Å². The predicted octanol–water partition coefficient (Wildman–Crippen LogP) is -0.571. The number of fused-ring (bicyclic) bond motifs is 1. The molecule has 0 saturated carbocycles. The topological polar surface area (TPSA) is 160 Å². The highest BCUT2D eigenvalue weighted by atomic mass is 32.2. The molecule has 1 aromatic rings. The van der Waals surface area contributed by atoms with Crippen LogP contribution in [0.15, 0.2) is 17.5 Å². The summed E-state index contributed by atoms with van der Waals surface area (Å²) in [5.74, 6) is -6.22. The zero-order valence-corrected chi connectivity index (χ0v) is 19.7. The molecule has 3 rings (SSSR count). The van der Waals surface area contributed by atoms with Crippen molar-refractivity contribution in [2.75, 3.05) is 25.7 Å². The van der Waals surface area contributed by atoms with Gasteiger partial charge in [-0.1, -0.05) is 0 Å². The third-order valence-corrected chi connectivity index (χ3v) is 8.14. The summed E-state index contributed by atoms with van der Waals surface area (Å²) >= 11 is 1.70. The Bertz CT molecular complexity index is 1010. The van der Waals surface area contributed by atoms with E-state index in [1.165, 1.54) is 23.2 Å². The number of rotatable bonds is 6. The van der Waals surface area contributed by atoms with Gasteiger partial charge < -0.3 is 24.8 Å². The molecule has 2 aliphatic rings. The maximum absolute atomic E-state index is 13.1. The molecular weight excluding hydrogens is 478 g/mol. The first-order valence-corrected chi connectivity index (χ1v) is 11.2. The number of nitrogens with one attached hydrogen (secondary N) is 1. The van der Waals surface area contributed by atoms with Crippen LogP contribution in [0, 0.1) is 0 Å². The van der Waals surface area contributed by atoms with E-state index in [2.05, 4.69) is 5.32 Å². The van der Waals surface area contributed by atoms with E-state index in [0.29, 0.717) is 16.8 Å². The minimum absolute atomic E-state index is 0.458. The number of nitrogens with zero attached hydrogens (tertiary/aromatic N) is 2. The van der Waals surface area contributed by atoms with E-state index < -0.39 is 63.9 Å². The first kappa shape index (κ1) is 24.5. The quantitative estimate of drug-likeness (QED) is 0.295. The van der Waals surface area contributed by atoms with Crippen molar-refractivity contribution in [3.63, 3.8) is 0 Å². The fourth-order valence-corrected chi connectivity index (χ4v) is 6.71. The molecule has 3 amide bonds. The molecule has 2 saturated heterocycles. The molecule has 3 atom stereocenters. The fourth-order valence-electron chi connectivity index (χ4n) is 4.10. The Morgan fingerprint density at radius 2 is 1.79 bits per heavy atom. The van der Waals surface area contributed by atoms with Gasteiger partial charge in [0.1, 0.15) is 11.4 Å². The van der Waals surface area contributed by atoms with E-state index in [9.17, 15) is 33.9 Å². The number of carbonyl (C=O) groups is 6. The van der Waals surface area contributed by atoms with Crippen molar-refractivity contribution < 1.29 is 43.3 Å². The number of esters is 2. The number of methoxy groups -OCH3 is 2. The fraction of sp³-hybridized carbons (Fsp3) is 0.474. The van der Waals surface area contributed by atoms with Crippen molar-refractivity contribution >= 4 is 63.7 Å². The Kier molecular flexibility index (Phi) is 6.44. The number of carboxylic acids is 1. The molecule has 12 nitrogen and oxygen atoms in total. The second-order valence-electron chi connectivity index (χ2n) is 7.32. The lowest BCUT2D eigenvalue weighted by molar-refractivity contribution is -0.173. The molecule has 1 aromatic heterocycles. The van der Waals surface area contributed by atoms with Gasteiger partial charge in [-0.15, -0.1) is 23.1 Å². The van der Waals surface area contributed by atoms with Crippen LogP contribution in [0.2, 0.25) is 0 Å². The Morgan fingerprint density at radius 1 is 1.18 bits per heavy atom. The number of amides is 3. The summed E-state index contributed by atoms with van der Waals surface area (Å²) in [6.07, 6.45) is 0. The number of hydrogen-bond acceptors (Lipinski definition) is 10. The molecule has 2 unspecified atom stereocenters. The number of aliphatic carboxylic acids is 1. The van der Waals surface area contributed by atoms with Gasteiger partial charge in [0.2, 0.25) is 22.5 Å². The van der Waals surface area contributed by atoms with Gasteiger partial charge in [-0.25, -0.2) is 14.4 Å². The van der Waals surface area contributed by atoms with Gasteiger partial charge >= 0.3 is 17.9 Å². The molecule has 33 heavy (non-hydrogen) atoms. The van der Waals surface area contributed by atoms with Crippen molar-refractivity contribution in [3.8, 4) is 0 Å². The molecule has 0 aromatic carbocycles. The van der Waals surface area contributed by atoms with E-state index in [-0.39, 0.29) is 0 Å². The molecule has 3 heterocycles. The van der Waals surface area contributed by atoms with Gasteiger partial charge in [0.15, 0.2) is 5.54 Å². The first-order valence-electron chi connectivity index (χ1n) is 9.49. The lowest BCUT2D eigenvalue weighted by Gasteiger charge is -2.60. The molecule has 0 spiro atoms. The predicted molar refractivity (Wildman–Crippen MR) is 115 cm³/mol. The largest absolute Gasteiger partial charge is 0.479 e. The highest BCUT2D eigenvalue weighted by Crippen LogP contribution is 2.53. The minimum atomic E-state index is -2.61. The number of ether oxygens (including phenoxy) is 2. The van der Waals surface area contributed by atoms with Gasteiger partial charge in [0, 0.05) is 13.8 Å². The van der Waals surface area contributed by atoms with E-state index in [1.807, 2.05) is 0 Å². The second kappa shape index (κ2) is 8.67. The number of hydrogen-bond donors (Lipinski definition) is 2. The monoisotopic (exact) mass is 499 g/mol. The third kappa shape index (κ3) is 3.44. The van der Waals surface area contributed by atoms with Crippen molar-refractivity contribution in [1.29, 1.82) is 0 Å². The Labute approximate surface area is 196 Å². The van der Waals surface area contributed by atoms with Crippen LogP contribution in [0.3, 0.4) is 0 Å². The van der Waals surface area contributed by atoms with Crippen LogP contribution >= 0.6 is 23.1 Å². The summed E-state index contributed by atoms with van der Waals surface area (Å²) in [5.41, 5.74) is -2.59. The number of thiophene rings is 1. The van der Waals surface area contributed by atoms with Gasteiger partial charge in [0.05, 0.1) is 25.8 Å². The zero-order valence-electron chi connectivity index (χ0n) is 18.0. The molecule has 14 heteroatoms. The Balaban J connectivity index is 2.19. The summed E-state index contributed by atoms with van der Waals surface area (Å²) in [7, 11) is 1.91. The molecule has 0 aliphatic carbocycles. The molecule has 2 aliphatic heterocycles. The SMILES string of the molecule is COC(=O)C1(C(=O)OC)S[C@@H]2C(N(C(C)=O)c3cccs3)C(=O)N2CC1(NC(C)=O)C(=O)O. The highest BCUT2D eigenvalue weighted by Gasteiger charge is 2.77. The van der Waals surface area contributed by atoms with Crippen LogP contribution in [0.4, 0.5) is 5.00 Å². The summed E-state index contributed by atoms with van der Waals surface area (Å²) in [6.45, 7) is 1.54. The maximum atomic E-state index is 13.1. The van der Waals surface area contributed by atoms with E-state index in [1.54, 1.807) is 17.5 Å². The molecule has 2 fully saturated rings. The first-order chi connectivity index (χ1) is 15.5. The lowest BCUT2D eigenvalue weighted by Crippen LogP contribution is -2.86. The summed E-state index contributed by atoms with van der Waals surface area (Å²) in [5, 5.41) is 13.5. The average Bonchev–Trinajstić information content (AvgIpc) is 3.29. The van der Waals surface area contributed by atoms with Crippen LogP contribution in [0.1, 0.15) is 13.8 Å². The highest BCUT2D eigenvalue weighted by molar-refractivity contribution is 8.03. The molecular formula is C19H21N3O9S2. The zero-order chi connectivity index (χ0) is 24.7. The number of β-lactam (4-membered cyclic amide) rings is 1. The van der Waals surface area contributed by atoms with Gasteiger partial charge in [-0.2, -0.15) is 0 Å². The van der Waals surface area contributed by atoms with Crippen LogP contribution < -0.4 is 10.2 Å². The Morgan fingerprint density at radius 3 is 2.21 bits per heavy atom. The Hall–Kier alpha value is -3.13. The minimum Gasteiger partial charge on any atom is -0.479 e. The molecule has 178 valence electrons. The van der Waals surface area contributed by atoms with Crippen molar-refractivity contribution in [3.05, 3.63) is 17.5 Å². The molecule has 2 N–H and O–H groups in total. The summed E-state index contributed by atoms with van der Waals surface area (Å²) in [4.78, 5) is 78.5. The van der Waals surface area contributed by atoms with Gasteiger partial charge in [-0.3, -0.25) is 19.3 Å². The number of anilines is 1. The van der Waals surface area contributed by atoms with E-state index in [4.69, 9.17) is 9.47 Å². The maximum Gasteiger partial charge on any atom is 0.336 e.